The van der Waals surface area contributed by atoms with Crippen LogP contribution in [-0.4, -0.2) is 52.9 Å². The van der Waals surface area contributed by atoms with E-state index in [1.165, 1.54) is 18.9 Å². The van der Waals surface area contributed by atoms with E-state index in [9.17, 15) is 9.18 Å². The number of hydrogen-bond acceptors (Lipinski definition) is 5. The minimum absolute atomic E-state index is 0.130. The van der Waals surface area contributed by atoms with Gasteiger partial charge in [0.05, 0.1) is 16.3 Å². The molecule has 2 aliphatic rings. The molecule has 1 aromatic carbocycles. The minimum Gasteiger partial charge on any atom is -0.487 e. The summed E-state index contributed by atoms with van der Waals surface area (Å²) in [6.45, 7) is 6.05. The van der Waals surface area contributed by atoms with Crippen LogP contribution in [0.2, 0.25) is 0 Å². The summed E-state index contributed by atoms with van der Waals surface area (Å²) in [7, 11) is 0. The first-order valence-corrected chi connectivity index (χ1v) is 10.8. The van der Waals surface area contributed by atoms with Gasteiger partial charge < -0.3 is 14.5 Å². The number of benzene rings is 1. The van der Waals surface area contributed by atoms with E-state index in [2.05, 4.69) is 9.88 Å². The Balaban J connectivity index is 1.40. The van der Waals surface area contributed by atoms with E-state index in [-0.39, 0.29) is 17.5 Å². The van der Waals surface area contributed by atoms with Gasteiger partial charge >= 0.3 is 0 Å². The maximum Gasteiger partial charge on any atom is 0.257 e. The predicted molar refractivity (Wildman–Crippen MR) is 107 cm³/mol. The lowest BCUT2D eigenvalue weighted by Gasteiger charge is -2.28. The zero-order chi connectivity index (χ0) is 19.5. The van der Waals surface area contributed by atoms with Crippen LogP contribution in [0.5, 0.6) is 5.75 Å². The van der Waals surface area contributed by atoms with Crippen LogP contribution in [0.1, 0.15) is 46.7 Å². The fourth-order valence-electron chi connectivity index (χ4n) is 4.10. The van der Waals surface area contributed by atoms with E-state index in [0.717, 1.165) is 43.2 Å². The predicted octanol–water partition coefficient (Wildman–Crippen LogP) is 3.87. The van der Waals surface area contributed by atoms with Gasteiger partial charge in [0.15, 0.2) is 0 Å². The van der Waals surface area contributed by atoms with Crippen LogP contribution in [0, 0.1) is 12.7 Å². The Morgan fingerprint density at radius 3 is 2.82 bits per heavy atom. The summed E-state index contributed by atoms with van der Waals surface area (Å²) in [6.07, 6.45) is 4.45. The zero-order valence-corrected chi connectivity index (χ0v) is 17.0. The highest BCUT2D eigenvalue weighted by atomic mass is 32.1. The minimum atomic E-state index is -0.524. The summed E-state index contributed by atoms with van der Waals surface area (Å²) < 4.78 is 20.3. The lowest BCUT2D eigenvalue weighted by Crippen LogP contribution is -2.42. The normalized spacial score (nSPS) is 20.1. The molecule has 0 spiro atoms. The number of aryl methyl sites for hydroxylation is 1. The van der Waals surface area contributed by atoms with Crippen molar-refractivity contribution in [3.8, 4) is 5.75 Å². The number of rotatable bonds is 6. The number of carbonyl (C=O) groups is 1. The van der Waals surface area contributed by atoms with Crippen LogP contribution in [0.4, 0.5) is 4.39 Å². The van der Waals surface area contributed by atoms with Crippen molar-refractivity contribution in [3.63, 3.8) is 0 Å². The molecule has 1 unspecified atom stereocenters. The van der Waals surface area contributed by atoms with Crippen LogP contribution < -0.4 is 4.74 Å². The standard InChI is InChI=1S/C21H26FN3O2S/c1-15-23-16(14-28-15)13-27-18-6-7-19(20(22)11-18)21(26)25-10-4-5-17(25)12-24-8-2-3-9-24/h6-7,11,14,17H,2-5,8-10,12-13H2,1H3. The van der Waals surface area contributed by atoms with Crippen molar-refractivity contribution in [2.24, 2.45) is 0 Å². The van der Waals surface area contributed by atoms with Crippen molar-refractivity contribution in [2.45, 2.75) is 45.3 Å². The Bertz CT molecular complexity index is 835. The number of likely N-dealkylation sites (tertiary alicyclic amines) is 2. The second-order valence-corrected chi connectivity index (χ2v) is 8.65. The zero-order valence-electron chi connectivity index (χ0n) is 16.2. The van der Waals surface area contributed by atoms with Crippen molar-refractivity contribution >= 4 is 17.2 Å². The number of thiazole rings is 1. The molecule has 5 nitrogen and oxygen atoms in total. The lowest BCUT2D eigenvalue weighted by molar-refractivity contribution is 0.0704. The Hall–Kier alpha value is -1.99. The molecule has 0 N–H and O–H groups in total. The number of nitrogens with zero attached hydrogens (tertiary/aromatic N) is 3. The van der Waals surface area contributed by atoms with Crippen molar-refractivity contribution in [1.82, 2.24) is 14.8 Å². The van der Waals surface area contributed by atoms with E-state index >= 15 is 0 Å². The Labute approximate surface area is 169 Å². The first-order chi connectivity index (χ1) is 13.6. The number of carbonyl (C=O) groups excluding carboxylic acids is 1. The molecule has 3 heterocycles. The number of aromatic nitrogens is 1. The van der Waals surface area contributed by atoms with Gasteiger partial charge in [-0.3, -0.25) is 4.79 Å². The van der Waals surface area contributed by atoms with Gasteiger partial charge in [-0.25, -0.2) is 9.37 Å². The van der Waals surface area contributed by atoms with Gasteiger partial charge in [-0.2, -0.15) is 0 Å². The van der Waals surface area contributed by atoms with Crippen molar-refractivity contribution < 1.29 is 13.9 Å². The molecule has 0 bridgehead atoms. The topological polar surface area (TPSA) is 45.7 Å². The van der Waals surface area contributed by atoms with Crippen molar-refractivity contribution in [1.29, 1.82) is 0 Å². The highest BCUT2D eigenvalue weighted by molar-refractivity contribution is 7.09. The van der Waals surface area contributed by atoms with E-state index in [1.54, 1.807) is 23.5 Å². The quantitative estimate of drug-likeness (QED) is 0.735. The summed E-state index contributed by atoms with van der Waals surface area (Å²) in [5.41, 5.74) is 0.954. The van der Waals surface area contributed by atoms with Crippen LogP contribution in [0.15, 0.2) is 23.6 Å². The number of ether oxygens (including phenoxy) is 1. The summed E-state index contributed by atoms with van der Waals surface area (Å²) in [6, 6.07) is 4.71. The second kappa shape index (κ2) is 8.57. The molecule has 2 aromatic rings. The maximum absolute atomic E-state index is 14.7. The fourth-order valence-corrected chi connectivity index (χ4v) is 4.70. The van der Waals surface area contributed by atoms with Gasteiger partial charge in [0.2, 0.25) is 0 Å². The molecule has 4 rings (SSSR count). The third kappa shape index (κ3) is 4.36. The summed E-state index contributed by atoms with van der Waals surface area (Å²) in [5, 5.41) is 2.90. The maximum atomic E-state index is 14.7. The van der Waals surface area contributed by atoms with E-state index in [1.807, 2.05) is 17.2 Å². The Morgan fingerprint density at radius 2 is 2.11 bits per heavy atom. The van der Waals surface area contributed by atoms with E-state index in [4.69, 9.17) is 4.74 Å². The first-order valence-electron chi connectivity index (χ1n) is 9.97. The SMILES string of the molecule is Cc1nc(COc2ccc(C(=O)N3CCCC3CN3CCCC3)c(F)c2)cs1. The third-order valence-electron chi connectivity index (χ3n) is 5.53. The van der Waals surface area contributed by atoms with Gasteiger partial charge in [0.25, 0.3) is 5.91 Å². The number of amides is 1. The molecule has 150 valence electrons. The smallest absolute Gasteiger partial charge is 0.257 e. The molecule has 2 aliphatic heterocycles. The van der Waals surface area contributed by atoms with E-state index in [0.29, 0.717) is 18.9 Å². The molecule has 2 fully saturated rings. The van der Waals surface area contributed by atoms with Gasteiger partial charge in [-0.05, 0) is 57.8 Å². The molecule has 1 aromatic heterocycles. The summed E-state index contributed by atoms with van der Waals surface area (Å²) in [4.78, 5) is 21.6. The van der Waals surface area contributed by atoms with E-state index < -0.39 is 5.82 Å². The third-order valence-corrected chi connectivity index (χ3v) is 6.35. The van der Waals surface area contributed by atoms with Gasteiger partial charge in [0, 0.05) is 30.6 Å². The average Bonchev–Trinajstić information content (AvgIpc) is 3.43. The fraction of sp³-hybridized carbons (Fsp3) is 0.524. The molecule has 7 heteroatoms. The molecular formula is C21H26FN3O2S. The number of halogens is 1. The Kier molecular flexibility index (Phi) is 5.92. The molecule has 0 radical (unpaired) electrons. The molecule has 28 heavy (non-hydrogen) atoms. The van der Waals surface area contributed by atoms with Crippen LogP contribution in [-0.2, 0) is 6.61 Å². The average molecular weight is 404 g/mol. The monoisotopic (exact) mass is 403 g/mol. The van der Waals surface area contributed by atoms with Crippen molar-refractivity contribution in [2.75, 3.05) is 26.2 Å². The number of hydrogen-bond donors (Lipinski definition) is 0. The molecule has 1 atom stereocenters. The lowest BCUT2D eigenvalue weighted by atomic mass is 10.1. The molecule has 2 saturated heterocycles. The van der Waals surface area contributed by atoms with Crippen LogP contribution >= 0.6 is 11.3 Å². The highest BCUT2D eigenvalue weighted by Gasteiger charge is 2.32. The largest absolute Gasteiger partial charge is 0.487 e. The van der Waals surface area contributed by atoms with Crippen molar-refractivity contribution in [3.05, 3.63) is 45.7 Å². The second-order valence-electron chi connectivity index (χ2n) is 7.59. The molecular weight excluding hydrogens is 377 g/mol. The van der Waals surface area contributed by atoms with Gasteiger partial charge in [-0.15, -0.1) is 11.3 Å². The summed E-state index contributed by atoms with van der Waals surface area (Å²) >= 11 is 1.56. The Morgan fingerprint density at radius 1 is 1.29 bits per heavy atom. The highest BCUT2D eigenvalue weighted by Crippen LogP contribution is 2.25. The first kappa shape index (κ1) is 19.3. The van der Waals surface area contributed by atoms with Gasteiger partial charge in [0.1, 0.15) is 18.2 Å². The summed E-state index contributed by atoms with van der Waals surface area (Å²) in [5.74, 6) is -0.320. The molecule has 0 aliphatic carbocycles. The van der Waals surface area contributed by atoms with Gasteiger partial charge in [-0.1, -0.05) is 0 Å². The van der Waals surface area contributed by atoms with Crippen LogP contribution in [0.25, 0.3) is 0 Å². The van der Waals surface area contributed by atoms with Crippen LogP contribution in [0.3, 0.4) is 0 Å². The molecule has 0 saturated carbocycles. The molecule has 1 amide bonds.